The Hall–Kier alpha value is -17.5. The molecule has 0 aliphatic heterocycles. The van der Waals surface area contributed by atoms with Crippen LogP contribution in [0.15, 0.2) is 134 Å². The van der Waals surface area contributed by atoms with E-state index in [9.17, 15) is 113 Å². The topological polar surface area (TPSA) is 767 Å². The number of H-pyrrole nitrogens is 1. The number of fused-ring (bicyclic) bond motifs is 5. The largest absolute Gasteiger partial charge is 0.477 e. The van der Waals surface area contributed by atoms with Gasteiger partial charge in [0.1, 0.15) is 152 Å². The van der Waals surface area contributed by atoms with E-state index in [0.29, 0.717) is 10.0 Å². The minimum Gasteiger partial charge on any atom is -0.477 e. The third-order valence-corrected chi connectivity index (χ3v) is 19.1. The lowest BCUT2D eigenvalue weighted by atomic mass is 10.1. The van der Waals surface area contributed by atoms with Crippen molar-refractivity contribution in [3.05, 3.63) is 251 Å². The first-order valence-electron chi connectivity index (χ1n) is 41.1. The summed E-state index contributed by atoms with van der Waals surface area (Å²) in [5.41, 5.74) is 24.5. The summed E-state index contributed by atoms with van der Waals surface area (Å²) in [6, 6.07) is 19.2. The highest BCUT2D eigenvalue weighted by Gasteiger charge is 2.32. The Bertz CT molecular complexity index is 7360. The molecule has 16 N–H and O–H groups in total. The number of ether oxygens (including phenoxy) is 6. The number of benzene rings is 2. The maximum atomic E-state index is 13.2. The average Bonchev–Trinajstić information content (AvgIpc) is 0.765. The van der Waals surface area contributed by atoms with Gasteiger partial charge >= 0.3 is 64.5 Å². The van der Waals surface area contributed by atoms with Crippen LogP contribution in [0.5, 0.6) is 0 Å². The first-order chi connectivity index (χ1) is 65.2. The zero-order valence-electron chi connectivity index (χ0n) is 77.0. The van der Waals surface area contributed by atoms with Gasteiger partial charge in [0.15, 0.2) is 0 Å². The number of nitrogens with one attached hydrogen (secondary N) is 3. The average molecular weight is 1980 g/mol. The highest BCUT2D eigenvalue weighted by atomic mass is 35.5. The molecule has 0 aliphatic carbocycles. The number of hydrogen-bond acceptors (Lipinski definition) is 39. The molecule has 2 aromatic carbocycles. The Kier molecular flexibility index (Phi) is 34.1. The zero-order valence-corrected chi connectivity index (χ0v) is 78.5. The van der Waals surface area contributed by atoms with Crippen molar-refractivity contribution in [3.8, 4) is 0 Å². The van der Waals surface area contributed by atoms with E-state index in [4.69, 9.17) is 86.0 Å². The first-order valence-corrected chi connectivity index (χ1v) is 41.8. The smallest absolute Gasteiger partial charge is 0.343 e. The summed E-state index contributed by atoms with van der Waals surface area (Å²) >= 11 is 11.7. The van der Waals surface area contributed by atoms with Crippen LogP contribution in [0.3, 0.4) is 0 Å². The summed E-state index contributed by atoms with van der Waals surface area (Å²) in [7, 11) is 0. The van der Waals surface area contributed by atoms with Gasteiger partial charge in [0.05, 0.1) is 50.5 Å². The van der Waals surface area contributed by atoms with Crippen LogP contribution in [0.4, 0.5) is 56.9 Å². The number of amides is 2. The minimum atomic E-state index is -1.57. The van der Waals surface area contributed by atoms with E-state index in [-0.39, 0.29) is 132 Å². The number of carboxylic acids is 1. The molecular formula is C87H92Cl2N22O29. The van der Waals surface area contributed by atoms with Crippen LogP contribution in [0.2, 0.25) is 10.0 Å². The van der Waals surface area contributed by atoms with Gasteiger partial charge in [0.25, 0.3) is 39.6 Å². The molecular weight excluding hydrogens is 1890 g/mol. The maximum absolute atomic E-state index is 13.2. The predicted molar refractivity (Wildman–Crippen MR) is 507 cm³/mol. The van der Waals surface area contributed by atoms with Gasteiger partial charge in [-0.2, -0.15) is 0 Å². The molecule has 0 bridgehead atoms. The van der Waals surface area contributed by atoms with Crippen LogP contribution in [-0.2, 0) is 86.9 Å². The molecule has 0 aliphatic rings. The van der Waals surface area contributed by atoms with E-state index in [1.807, 2.05) is 0 Å². The number of hydrogen-bond donors (Lipinski definition) is 10. The number of aromatic nitrogens is 10. The lowest BCUT2D eigenvalue weighted by Crippen LogP contribution is -2.36. The molecule has 0 spiro atoms. The second kappa shape index (κ2) is 44.3. The van der Waals surface area contributed by atoms with Crippen LogP contribution in [0.25, 0.3) is 55.2 Å². The monoisotopic (exact) mass is 1980 g/mol. The van der Waals surface area contributed by atoms with E-state index in [1.165, 1.54) is 12.3 Å². The molecule has 51 nitrogen and oxygen atoms in total. The molecule has 0 radical (unpaired) electrons. The summed E-state index contributed by atoms with van der Waals surface area (Å²) in [5, 5.41) is 60.0. The van der Waals surface area contributed by atoms with Gasteiger partial charge in [-0.15, -0.1) is 0 Å². The SMILES string of the molecule is CC(C)(C)OC(=O)Cn1c(=O)c(C(=O)NCc2ccc(Cl)cc2)cc2c(N)c(N)cnc21.CC(C)(C)OC(=O)Cn1c(=O)c(C(=O)NCc2ccc(Cl)cc2)cc2c(N)c([N+](=O)[O-])cnc21.CC(C)(C)OC(=O)Cn1c(=O)c(C(=O)O)cc2c(N)c([N+](=O)[O-])cnc21.CCOC(=O)c1cc2c(N)c([N+](=O)[O-])cnc2[nH]c1=O.CCOC(=O)c1cc2c(N)c([N+](=O)[O-])cnc2n(CC(=O)OC(C)(C)C)c1=O. The second-order valence-electron chi connectivity index (χ2n) is 33.6. The summed E-state index contributed by atoms with van der Waals surface area (Å²) in [5.74, 6) is -7.71. The van der Waals surface area contributed by atoms with Gasteiger partial charge in [-0.25, -0.2) is 39.3 Å². The fraction of sp³-hybridized carbons (Fsp3) is 0.299. The molecule has 0 unspecified atom stereocenters. The third-order valence-electron chi connectivity index (χ3n) is 18.6. The van der Waals surface area contributed by atoms with Crippen LogP contribution < -0.4 is 72.8 Å². The molecule has 0 atom stereocenters. The summed E-state index contributed by atoms with van der Waals surface area (Å²) in [6.45, 7) is 21.2. The van der Waals surface area contributed by atoms with Gasteiger partial charge in [-0.1, -0.05) is 47.5 Å². The molecule has 0 saturated carbocycles. The van der Waals surface area contributed by atoms with Gasteiger partial charge in [0, 0.05) is 50.1 Å². The van der Waals surface area contributed by atoms with Crippen LogP contribution in [0.1, 0.15) is 160 Å². The Labute approximate surface area is 797 Å². The highest BCUT2D eigenvalue weighted by Crippen LogP contribution is 2.34. The van der Waals surface area contributed by atoms with Crippen molar-refractivity contribution in [2.45, 2.75) is 159 Å². The Morgan fingerprint density at radius 3 is 0.964 bits per heavy atom. The number of pyridine rings is 10. The molecule has 0 fully saturated rings. The predicted octanol–water partition coefficient (Wildman–Crippen LogP) is 8.22. The number of carboxylic acid groups (broad SMARTS) is 1. The molecule has 12 rings (SSSR count). The number of nitrogens with zero attached hydrogens (tertiary/aromatic N) is 13. The van der Waals surface area contributed by atoms with Crippen LogP contribution in [0, 0.1) is 40.5 Å². The Morgan fingerprint density at radius 1 is 0.393 bits per heavy atom. The van der Waals surface area contributed by atoms with Gasteiger partial charge in [-0.05, 0) is 163 Å². The number of anilines is 6. The third kappa shape index (κ3) is 27.2. The van der Waals surface area contributed by atoms with E-state index in [2.05, 4.69) is 40.5 Å². The van der Waals surface area contributed by atoms with E-state index < -0.39 is 184 Å². The molecule has 10 heterocycles. The Balaban J connectivity index is 0.000000216. The number of aromatic amines is 1. The van der Waals surface area contributed by atoms with E-state index in [0.717, 1.165) is 78.4 Å². The number of halogens is 2. The number of nitro groups is 4. The number of aromatic carboxylic acids is 1. The van der Waals surface area contributed by atoms with Crippen molar-refractivity contribution in [1.29, 1.82) is 0 Å². The van der Waals surface area contributed by atoms with Crippen molar-refractivity contribution in [2.24, 2.45) is 0 Å². The number of rotatable bonds is 23. The zero-order chi connectivity index (χ0) is 105. The number of nitrogen functional groups attached to an aromatic ring is 6. The fourth-order valence-corrected chi connectivity index (χ4v) is 12.9. The number of esters is 6. The highest BCUT2D eigenvalue weighted by molar-refractivity contribution is 6.31. The van der Waals surface area contributed by atoms with Gasteiger partial charge in [0.2, 0.25) is 0 Å². The van der Waals surface area contributed by atoms with Crippen molar-refractivity contribution in [1.82, 2.24) is 58.8 Å². The van der Waals surface area contributed by atoms with Crippen LogP contribution in [-0.4, -0.2) is 162 Å². The minimum absolute atomic E-state index is 0.00501. The second-order valence-corrected chi connectivity index (χ2v) is 34.5. The summed E-state index contributed by atoms with van der Waals surface area (Å²) < 4.78 is 34.1. The fourth-order valence-electron chi connectivity index (χ4n) is 12.6. The lowest BCUT2D eigenvalue weighted by molar-refractivity contribution is -0.384. The normalized spacial score (nSPS) is 11.2. The van der Waals surface area contributed by atoms with E-state index >= 15 is 0 Å². The molecule has 53 heteroatoms. The quantitative estimate of drug-likeness (QED) is 0.0125. The van der Waals surface area contributed by atoms with Gasteiger partial charge < -0.3 is 83.5 Å². The standard InChI is InChI=1S/C22H22ClN5O6.C22H24ClN5O4.C17H20N4O7.C15H16N4O7.C11H10N4O5/c1-22(2,3)34-17(29)11-27-19-14(18(24)16(10-25-19)28(32)33)8-15(21(27)31)20(30)26-9-12-4-6-13(23)7-5-12;1-22(2,3)32-17(29)11-28-19-14(18(25)16(24)10-26-19)8-15(21(28)31)20(30)27-9-12-4-6-13(23)7-5-12;1-5-27-16(24)10-6-9-13(18)11(21(25)26)7-19-14(9)20(15(10)23)8-12(22)28-17(2,3)4;1-15(2,3)26-10(20)6-18-12-7(4-8(13(18)21)14(22)23)11(16)9(5-17-12)19(24)25;1-2-20-11(17)6-3-5-8(12)7(15(18)19)4-13-9(5)14-10(6)16/h4-8,10H,9,11H2,1-3H3,(H2,24,25)(H,26,30);4-8,10H,9,11,24H2,1-3H3,(H2,25,26)(H,27,30);6-7H,5,8H2,1-4H3,(H2,18,19);4-5H,6H2,1-3H3,(H2,16,17)(H,22,23);3-4H,2H2,1H3,(H3,12,13,14,16). The number of nitrogens with two attached hydrogens (primary N) is 6. The maximum Gasteiger partial charge on any atom is 0.343 e. The van der Waals surface area contributed by atoms with Crippen molar-refractivity contribution < 1.29 is 96.4 Å². The molecule has 738 valence electrons. The lowest BCUT2D eigenvalue weighted by Gasteiger charge is -2.20. The van der Waals surface area contributed by atoms with Gasteiger partial charge in [-0.3, -0.25) is 111 Å². The molecule has 140 heavy (non-hydrogen) atoms. The molecule has 10 aromatic heterocycles. The Morgan fingerprint density at radius 2 is 0.657 bits per heavy atom. The number of carbonyl (C=O) groups excluding carboxylic acids is 8. The van der Waals surface area contributed by atoms with Crippen molar-refractivity contribution >= 4 is 189 Å². The molecule has 12 aromatic rings. The molecule has 2 amide bonds. The van der Waals surface area contributed by atoms with Crippen LogP contribution >= 0.6 is 23.2 Å². The summed E-state index contributed by atoms with van der Waals surface area (Å²) in [6.07, 6.45) is 4.85. The summed E-state index contributed by atoms with van der Waals surface area (Å²) in [4.78, 5) is 236. The first kappa shape index (κ1) is 108. The van der Waals surface area contributed by atoms with E-state index in [1.54, 1.807) is 145 Å². The van der Waals surface area contributed by atoms with Crippen molar-refractivity contribution in [2.75, 3.05) is 47.6 Å². The number of carbonyl (C=O) groups is 9. The van der Waals surface area contributed by atoms with Crippen molar-refractivity contribution in [3.63, 3.8) is 0 Å². The molecule has 0 saturated heterocycles.